The molecule has 192 valence electrons. The zero-order chi connectivity index (χ0) is 25.0. The Morgan fingerprint density at radius 3 is 2.09 bits per heavy atom. The van der Waals surface area contributed by atoms with E-state index in [0.717, 1.165) is 25.3 Å². The van der Waals surface area contributed by atoms with Crippen LogP contribution in [0.5, 0.6) is 0 Å². The summed E-state index contributed by atoms with van der Waals surface area (Å²) in [5.74, 6) is -0.189. The zero-order valence-corrected chi connectivity index (χ0v) is 19.7. The van der Waals surface area contributed by atoms with Gasteiger partial charge in [-0.2, -0.15) is 0 Å². The van der Waals surface area contributed by atoms with E-state index in [0.29, 0.717) is 46.0 Å². The molecular weight excluding hydrogens is 450 g/mol. The number of nitrogens with one attached hydrogen (secondary N) is 1. The fraction of sp³-hybridized carbons (Fsp3) is 0.682. The number of esters is 1. The van der Waals surface area contributed by atoms with Crippen LogP contribution in [0.2, 0.25) is 0 Å². The summed E-state index contributed by atoms with van der Waals surface area (Å²) in [6, 6.07) is 3.42. The lowest BCUT2D eigenvalue weighted by Gasteiger charge is -2.09. The second kappa shape index (κ2) is 18.6. The van der Waals surface area contributed by atoms with E-state index < -0.39 is 9.85 Å². The molecule has 0 saturated heterocycles. The smallest absolute Gasteiger partial charge is 0.305 e. The Morgan fingerprint density at radius 1 is 0.853 bits per heavy atom. The SMILES string of the molecule is CCCCCCCC(=O)OCCOCCOCCOCCNc1ccc([N+](=O)[O-])cc1[N+](=O)[O-]. The molecule has 0 amide bonds. The topological polar surface area (TPSA) is 152 Å². The van der Waals surface area contributed by atoms with Gasteiger partial charge in [0.05, 0.1) is 55.6 Å². The van der Waals surface area contributed by atoms with Crippen LogP contribution in [0.15, 0.2) is 18.2 Å². The van der Waals surface area contributed by atoms with Gasteiger partial charge in [-0.1, -0.05) is 32.6 Å². The fourth-order valence-electron chi connectivity index (χ4n) is 2.89. The lowest BCUT2D eigenvalue weighted by molar-refractivity contribution is -0.393. The standard InChI is InChI=1S/C22H35N3O9/c1-2-3-4-5-6-7-22(26)34-17-16-33-15-14-32-13-12-31-11-10-23-20-9-8-19(24(27)28)18-21(20)25(29)30/h8-9,18,23H,2-7,10-17H2,1H3. The highest BCUT2D eigenvalue weighted by Gasteiger charge is 2.18. The number of nitrogens with zero attached hydrogens (tertiary/aromatic N) is 2. The van der Waals surface area contributed by atoms with Crippen LogP contribution in [-0.4, -0.2) is 68.6 Å². The van der Waals surface area contributed by atoms with Gasteiger partial charge in [-0.3, -0.25) is 25.0 Å². The molecule has 1 N–H and O–H groups in total. The molecule has 0 fully saturated rings. The highest BCUT2D eigenvalue weighted by molar-refractivity contribution is 5.69. The number of anilines is 1. The van der Waals surface area contributed by atoms with E-state index in [2.05, 4.69) is 12.2 Å². The van der Waals surface area contributed by atoms with Crippen molar-refractivity contribution in [1.82, 2.24) is 0 Å². The van der Waals surface area contributed by atoms with E-state index in [4.69, 9.17) is 18.9 Å². The molecule has 0 unspecified atom stereocenters. The molecule has 1 rings (SSSR count). The number of rotatable bonds is 21. The van der Waals surface area contributed by atoms with E-state index in [1.807, 2.05) is 0 Å². The molecule has 0 saturated carbocycles. The van der Waals surface area contributed by atoms with Crippen LogP contribution >= 0.6 is 0 Å². The first-order valence-electron chi connectivity index (χ1n) is 11.5. The first kappa shape index (κ1) is 29.2. The molecule has 12 nitrogen and oxygen atoms in total. The van der Waals surface area contributed by atoms with Crippen molar-refractivity contribution in [2.45, 2.75) is 45.4 Å². The van der Waals surface area contributed by atoms with Crippen molar-refractivity contribution in [3.05, 3.63) is 38.4 Å². The number of carbonyl (C=O) groups excluding carboxylic acids is 1. The van der Waals surface area contributed by atoms with E-state index >= 15 is 0 Å². The van der Waals surface area contributed by atoms with Gasteiger partial charge in [0, 0.05) is 19.0 Å². The number of hydrogen-bond donors (Lipinski definition) is 1. The first-order valence-corrected chi connectivity index (χ1v) is 11.5. The van der Waals surface area contributed by atoms with Crippen LogP contribution in [-0.2, 0) is 23.7 Å². The number of hydrogen-bond acceptors (Lipinski definition) is 10. The van der Waals surface area contributed by atoms with Gasteiger partial charge in [-0.25, -0.2) is 0 Å². The first-order chi connectivity index (χ1) is 16.5. The number of nitro groups is 2. The molecule has 0 heterocycles. The average Bonchev–Trinajstić information content (AvgIpc) is 2.81. The van der Waals surface area contributed by atoms with Crippen LogP contribution in [0.4, 0.5) is 17.1 Å². The number of non-ortho nitro benzene ring substituents is 1. The minimum Gasteiger partial charge on any atom is -0.463 e. The van der Waals surface area contributed by atoms with Crippen LogP contribution in [0, 0.1) is 20.2 Å². The van der Waals surface area contributed by atoms with Crippen molar-refractivity contribution >= 4 is 23.0 Å². The minimum absolute atomic E-state index is 0.185. The molecule has 0 bridgehead atoms. The Balaban J connectivity index is 1.96. The highest BCUT2D eigenvalue weighted by Crippen LogP contribution is 2.28. The molecule has 12 heteroatoms. The summed E-state index contributed by atoms with van der Waals surface area (Å²) in [7, 11) is 0. The molecule has 1 aromatic rings. The van der Waals surface area contributed by atoms with Crippen LogP contribution < -0.4 is 5.32 Å². The summed E-state index contributed by atoms with van der Waals surface area (Å²) >= 11 is 0. The predicted octanol–water partition coefficient (Wildman–Crippen LogP) is 3.87. The van der Waals surface area contributed by atoms with Gasteiger partial charge in [0.25, 0.3) is 11.4 Å². The summed E-state index contributed by atoms with van der Waals surface area (Å²) in [5, 5.41) is 24.7. The predicted molar refractivity (Wildman–Crippen MR) is 125 cm³/mol. The summed E-state index contributed by atoms with van der Waals surface area (Å²) in [6.07, 6.45) is 5.90. The number of ether oxygens (including phenoxy) is 4. The number of carbonyl (C=O) groups is 1. The lowest BCUT2D eigenvalue weighted by Crippen LogP contribution is -2.15. The van der Waals surface area contributed by atoms with Crippen molar-refractivity contribution < 1.29 is 33.6 Å². The van der Waals surface area contributed by atoms with Crippen molar-refractivity contribution in [3.63, 3.8) is 0 Å². The summed E-state index contributed by atoms with van der Waals surface area (Å²) in [4.78, 5) is 32.0. The van der Waals surface area contributed by atoms with Gasteiger partial charge in [0.15, 0.2) is 0 Å². The largest absolute Gasteiger partial charge is 0.463 e. The van der Waals surface area contributed by atoms with E-state index in [1.165, 1.54) is 25.0 Å². The molecule has 0 aliphatic carbocycles. The van der Waals surface area contributed by atoms with Gasteiger partial charge in [0.2, 0.25) is 0 Å². The molecule has 0 radical (unpaired) electrons. The summed E-state index contributed by atoms with van der Waals surface area (Å²) in [5.41, 5.74) is -0.524. The molecule has 0 aliphatic heterocycles. The van der Waals surface area contributed by atoms with Crippen molar-refractivity contribution in [2.75, 3.05) is 58.1 Å². The normalized spacial score (nSPS) is 10.7. The van der Waals surface area contributed by atoms with Gasteiger partial charge in [-0.05, 0) is 12.5 Å². The van der Waals surface area contributed by atoms with Crippen LogP contribution in [0.3, 0.4) is 0 Å². The number of benzene rings is 1. The maximum atomic E-state index is 11.5. The van der Waals surface area contributed by atoms with Gasteiger partial charge >= 0.3 is 5.97 Å². The Kier molecular flexibility index (Phi) is 16.0. The highest BCUT2D eigenvalue weighted by atomic mass is 16.6. The Bertz CT molecular complexity index is 746. The maximum absolute atomic E-state index is 11.5. The number of nitro benzene ring substituents is 2. The Hall–Kier alpha value is -2.83. The third-order valence-corrected chi connectivity index (χ3v) is 4.67. The molecule has 0 atom stereocenters. The quantitative estimate of drug-likeness (QED) is 0.117. The maximum Gasteiger partial charge on any atom is 0.305 e. The molecular formula is C22H35N3O9. The van der Waals surface area contributed by atoms with E-state index in [9.17, 15) is 25.0 Å². The monoisotopic (exact) mass is 485 g/mol. The van der Waals surface area contributed by atoms with Crippen molar-refractivity contribution in [1.29, 1.82) is 0 Å². The van der Waals surface area contributed by atoms with Gasteiger partial charge < -0.3 is 24.3 Å². The third kappa shape index (κ3) is 13.7. The van der Waals surface area contributed by atoms with Crippen LogP contribution in [0.25, 0.3) is 0 Å². The molecule has 0 aromatic heterocycles. The van der Waals surface area contributed by atoms with E-state index in [1.54, 1.807) is 0 Å². The van der Waals surface area contributed by atoms with Gasteiger partial charge in [-0.15, -0.1) is 0 Å². The number of unbranched alkanes of at least 4 members (excludes halogenated alkanes) is 4. The second-order valence-electron chi connectivity index (χ2n) is 7.36. The summed E-state index contributed by atoms with van der Waals surface area (Å²) < 4.78 is 21.2. The van der Waals surface area contributed by atoms with Crippen LogP contribution in [0.1, 0.15) is 45.4 Å². The van der Waals surface area contributed by atoms with Crippen molar-refractivity contribution in [3.8, 4) is 0 Å². The minimum atomic E-state index is -0.684. The molecule has 0 aliphatic rings. The second-order valence-corrected chi connectivity index (χ2v) is 7.36. The fourth-order valence-corrected chi connectivity index (χ4v) is 2.89. The Morgan fingerprint density at radius 2 is 1.47 bits per heavy atom. The summed E-state index contributed by atoms with van der Waals surface area (Å²) in [6.45, 7) is 4.71. The Labute approximate surface area is 199 Å². The zero-order valence-electron chi connectivity index (χ0n) is 19.7. The molecule has 1 aromatic carbocycles. The van der Waals surface area contributed by atoms with Crippen molar-refractivity contribution in [2.24, 2.45) is 0 Å². The third-order valence-electron chi connectivity index (χ3n) is 4.67. The molecule has 34 heavy (non-hydrogen) atoms. The lowest BCUT2D eigenvalue weighted by atomic mass is 10.1. The average molecular weight is 486 g/mol. The van der Waals surface area contributed by atoms with E-state index in [-0.39, 0.29) is 36.2 Å². The van der Waals surface area contributed by atoms with Gasteiger partial charge in [0.1, 0.15) is 12.3 Å². The molecule has 0 spiro atoms.